The standard InChI is InChI=1S/C29H25F5N2O5/c1-14-8-16(30)4-7-24(14)41-25-13-20(15-2-3-15)22(29(32,33)34)12-21(25)27(37)36-17-5-6-23(31)26(9-17)39-18-10-19(11-18)40-28(35)38/h4-9,12-13,15,18-19H,2-3,10-11H2,1H3,(H2,35,38)(H,36,37). The molecule has 2 aliphatic carbocycles. The van der Waals surface area contributed by atoms with Gasteiger partial charge in [0.25, 0.3) is 5.91 Å². The Morgan fingerprint density at radius 2 is 1.66 bits per heavy atom. The molecule has 0 spiro atoms. The molecule has 2 aliphatic rings. The summed E-state index contributed by atoms with van der Waals surface area (Å²) in [5.41, 5.74) is 4.06. The topological polar surface area (TPSA) is 99.9 Å². The number of rotatable bonds is 8. The molecule has 0 unspecified atom stereocenters. The van der Waals surface area contributed by atoms with Crippen LogP contribution < -0.4 is 20.5 Å². The molecule has 2 amide bonds. The maximum Gasteiger partial charge on any atom is 0.416 e. The van der Waals surface area contributed by atoms with Crippen molar-refractivity contribution in [1.82, 2.24) is 0 Å². The predicted molar refractivity (Wildman–Crippen MR) is 137 cm³/mol. The van der Waals surface area contributed by atoms with E-state index in [1.165, 1.54) is 30.3 Å². The van der Waals surface area contributed by atoms with Gasteiger partial charge in [-0.2, -0.15) is 13.2 Å². The van der Waals surface area contributed by atoms with E-state index in [9.17, 15) is 31.5 Å². The average Bonchev–Trinajstić information content (AvgIpc) is 3.70. The number of anilines is 1. The van der Waals surface area contributed by atoms with Gasteiger partial charge in [0.15, 0.2) is 11.6 Å². The van der Waals surface area contributed by atoms with Crippen molar-refractivity contribution in [3.63, 3.8) is 0 Å². The molecule has 3 aromatic rings. The van der Waals surface area contributed by atoms with Gasteiger partial charge in [0.1, 0.15) is 29.5 Å². The molecule has 41 heavy (non-hydrogen) atoms. The largest absolute Gasteiger partial charge is 0.487 e. The second kappa shape index (κ2) is 10.9. The first kappa shape index (κ1) is 28.2. The van der Waals surface area contributed by atoms with Gasteiger partial charge in [-0.3, -0.25) is 4.79 Å². The Morgan fingerprint density at radius 1 is 0.927 bits per heavy atom. The molecule has 0 atom stereocenters. The van der Waals surface area contributed by atoms with Crippen LogP contribution in [0.15, 0.2) is 48.5 Å². The second-order valence-electron chi connectivity index (χ2n) is 10.1. The number of amides is 2. The van der Waals surface area contributed by atoms with Crippen LogP contribution in [-0.2, 0) is 10.9 Å². The molecule has 12 heteroatoms. The number of carbonyl (C=O) groups excluding carboxylic acids is 2. The van der Waals surface area contributed by atoms with Crippen LogP contribution in [0.3, 0.4) is 0 Å². The minimum atomic E-state index is -4.73. The maximum atomic E-state index is 14.4. The monoisotopic (exact) mass is 576 g/mol. The lowest BCUT2D eigenvalue weighted by Gasteiger charge is -2.34. The fourth-order valence-electron chi connectivity index (χ4n) is 4.60. The molecule has 5 rings (SSSR count). The van der Waals surface area contributed by atoms with Crippen LogP contribution in [0.1, 0.15) is 58.6 Å². The van der Waals surface area contributed by atoms with E-state index in [0.29, 0.717) is 18.4 Å². The van der Waals surface area contributed by atoms with Crippen molar-refractivity contribution >= 4 is 17.7 Å². The van der Waals surface area contributed by atoms with E-state index in [0.717, 1.165) is 18.2 Å². The molecule has 3 N–H and O–H groups in total. The minimum absolute atomic E-state index is 0.0143. The Morgan fingerprint density at radius 3 is 2.29 bits per heavy atom. The number of carbonyl (C=O) groups is 2. The summed E-state index contributed by atoms with van der Waals surface area (Å²) in [7, 11) is 0. The third kappa shape index (κ3) is 6.53. The van der Waals surface area contributed by atoms with E-state index in [1.807, 2.05) is 0 Å². The van der Waals surface area contributed by atoms with Crippen molar-refractivity contribution in [1.29, 1.82) is 0 Å². The lowest BCUT2D eigenvalue weighted by atomic mass is 9.92. The van der Waals surface area contributed by atoms with E-state index in [-0.39, 0.29) is 47.3 Å². The lowest BCUT2D eigenvalue weighted by molar-refractivity contribution is -0.138. The number of halogens is 5. The molecule has 7 nitrogen and oxygen atoms in total. The smallest absolute Gasteiger partial charge is 0.416 e. The van der Waals surface area contributed by atoms with Crippen LogP contribution >= 0.6 is 0 Å². The van der Waals surface area contributed by atoms with Crippen LogP contribution in [0.25, 0.3) is 0 Å². The molecule has 2 saturated carbocycles. The van der Waals surface area contributed by atoms with Crippen molar-refractivity contribution in [2.24, 2.45) is 5.73 Å². The zero-order chi connectivity index (χ0) is 29.5. The van der Waals surface area contributed by atoms with Crippen LogP contribution in [-0.4, -0.2) is 24.2 Å². The molecule has 0 aromatic heterocycles. The van der Waals surface area contributed by atoms with Crippen molar-refractivity contribution in [2.75, 3.05) is 5.32 Å². The highest BCUT2D eigenvalue weighted by atomic mass is 19.4. The maximum absolute atomic E-state index is 14.4. The van der Waals surface area contributed by atoms with Crippen LogP contribution in [0.2, 0.25) is 0 Å². The van der Waals surface area contributed by atoms with Gasteiger partial charge in [-0.15, -0.1) is 0 Å². The highest BCUT2D eigenvalue weighted by molar-refractivity contribution is 6.06. The van der Waals surface area contributed by atoms with E-state index < -0.39 is 53.1 Å². The summed E-state index contributed by atoms with van der Waals surface area (Å²) in [6.07, 6.45) is -4.87. The van der Waals surface area contributed by atoms with E-state index in [4.69, 9.17) is 19.9 Å². The van der Waals surface area contributed by atoms with Gasteiger partial charge < -0.3 is 25.3 Å². The van der Waals surface area contributed by atoms with Crippen molar-refractivity contribution in [3.05, 3.63) is 82.4 Å². The zero-order valence-corrected chi connectivity index (χ0v) is 21.7. The molecule has 0 radical (unpaired) electrons. The second-order valence-corrected chi connectivity index (χ2v) is 10.1. The molecule has 0 saturated heterocycles. The summed E-state index contributed by atoms with van der Waals surface area (Å²) >= 11 is 0. The van der Waals surface area contributed by atoms with Gasteiger partial charge in [0.05, 0.1) is 11.1 Å². The van der Waals surface area contributed by atoms with Gasteiger partial charge in [-0.25, -0.2) is 13.6 Å². The Balaban J connectivity index is 1.43. The molecular formula is C29H25F5N2O5. The molecule has 216 valence electrons. The van der Waals surface area contributed by atoms with Crippen molar-refractivity contribution in [2.45, 2.75) is 56.9 Å². The number of aryl methyl sites for hydroxylation is 1. The van der Waals surface area contributed by atoms with Gasteiger partial charge in [-0.05, 0) is 79.3 Å². The fraction of sp³-hybridized carbons (Fsp3) is 0.310. The summed E-state index contributed by atoms with van der Waals surface area (Å²) in [4.78, 5) is 24.2. The Hall–Kier alpha value is -4.35. The number of hydrogen-bond donors (Lipinski definition) is 2. The lowest BCUT2D eigenvalue weighted by Crippen LogP contribution is -2.41. The third-order valence-corrected chi connectivity index (χ3v) is 6.89. The quantitative estimate of drug-likeness (QED) is 0.276. The molecule has 0 heterocycles. The van der Waals surface area contributed by atoms with Crippen LogP contribution in [0, 0.1) is 18.6 Å². The molecular weight excluding hydrogens is 551 g/mol. The average molecular weight is 577 g/mol. The highest BCUT2D eigenvalue weighted by Crippen LogP contribution is 2.48. The molecule has 0 aliphatic heterocycles. The van der Waals surface area contributed by atoms with E-state index in [2.05, 4.69) is 5.32 Å². The van der Waals surface area contributed by atoms with Crippen molar-refractivity contribution < 1.29 is 45.8 Å². The Kier molecular flexibility index (Phi) is 7.50. The summed E-state index contributed by atoms with van der Waals surface area (Å²) < 4.78 is 86.4. The molecule has 2 fully saturated rings. The summed E-state index contributed by atoms with van der Waals surface area (Å²) in [6, 6.07) is 9.08. The predicted octanol–water partition coefficient (Wildman–Crippen LogP) is 7.22. The summed E-state index contributed by atoms with van der Waals surface area (Å²) in [6.45, 7) is 1.56. The number of hydrogen-bond acceptors (Lipinski definition) is 5. The number of nitrogens with one attached hydrogen (secondary N) is 1. The summed E-state index contributed by atoms with van der Waals surface area (Å²) in [5, 5.41) is 2.48. The van der Waals surface area contributed by atoms with Crippen LogP contribution in [0.4, 0.5) is 32.4 Å². The SMILES string of the molecule is Cc1cc(F)ccc1Oc1cc(C2CC2)c(C(F)(F)F)cc1C(=O)Nc1ccc(F)c(OC2CC(OC(N)=O)C2)c1. The van der Waals surface area contributed by atoms with Gasteiger partial charge in [0, 0.05) is 24.6 Å². The third-order valence-electron chi connectivity index (χ3n) is 6.89. The number of benzene rings is 3. The van der Waals surface area contributed by atoms with Crippen molar-refractivity contribution in [3.8, 4) is 17.2 Å². The minimum Gasteiger partial charge on any atom is -0.487 e. The first-order chi connectivity index (χ1) is 19.4. The van der Waals surface area contributed by atoms with Gasteiger partial charge >= 0.3 is 12.3 Å². The van der Waals surface area contributed by atoms with E-state index >= 15 is 0 Å². The number of primary amides is 1. The van der Waals surface area contributed by atoms with Gasteiger partial charge in [0.2, 0.25) is 0 Å². The number of ether oxygens (including phenoxy) is 3. The first-order valence-corrected chi connectivity index (χ1v) is 12.8. The molecule has 0 bridgehead atoms. The normalized spacial score (nSPS) is 18.3. The molecule has 3 aromatic carbocycles. The number of nitrogens with two attached hydrogens (primary N) is 1. The van der Waals surface area contributed by atoms with E-state index in [1.54, 1.807) is 6.92 Å². The number of alkyl halides is 3. The summed E-state index contributed by atoms with van der Waals surface area (Å²) in [5.74, 6) is -2.69. The Bertz CT molecular complexity index is 1500. The Labute approximate surface area is 231 Å². The zero-order valence-electron chi connectivity index (χ0n) is 21.7. The van der Waals surface area contributed by atoms with Gasteiger partial charge in [-0.1, -0.05) is 0 Å². The highest BCUT2D eigenvalue weighted by Gasteiger charge is 2.40. The fourth-order valence-corrected chi connectivity index (χ4v) is 4.60. The van der Waals surface area contributed by atoms with Crippen LogP contribution in [0.5, 0.6) is 17.2 Å². The first-order valence-electron chi connectivity index (χ1n) is 12.8.